The van der Waals surface area contributed by atoms with Gasteiger partial charge in [-0.05, 0) is 13.0 Å². The average Bonchev–Trinajstić information content (AvgIpc) is 2.36. The summed E-state index contributed by atoms with van der Waals surface area (Å²) in [6, 6.07) is 3.12. The van der Waals surface area contributed by atoms with Crippen LogP contribution in [0.15, 0.2) is 18.3 Å². The van der Waals surface area contributed by atoms with Crippen LogP contribution in [-0.4, -0.2) is 41.7 Å². The summed E-state index contributed by atoms with van der Waals surface area (Å²) in [6.07, 6.45) is 0.669. The number of aromatic nitrogens is 1. The molecule has 0 spiro atoms. The molecular weight excluding hydrogens is 238 g/mol. The number of aliphatic hydroxyl groups excluding tert-OH is 1. The molecule has 1 aromatic rings. The molecular formula is C11H15N3O4. The first kappa shape index (κ1) is 13.9. The van der Waals surface area contributed by atoms with E-state index in [1.165, 1.54) is 20.2 Å². The van der Waals surface area contributed by atoms with Crippen molar-refractivity contribution in [2.45, 2.75) is 13.0 Å². The lowest BCUT2D eigenvalue weighted by Gasteiger charge is -2.07. The molecule has 2 amide bonds. The zero-order chi connectivity index (χ0) is 13.5. The summed E-state index contributed by atoms with van der Waals surface area (Å²) in [5.74, 6) is -1.22. The van der Waals surface area contributed by atoms with Crippen LogP contribution >= 0.6 is 0 Å². The number of rotatable bonds is 4. The number of hydrogen-bond acceptors (Lipinski definition) is 5. The molecule has 0 saturated carbocycles. The lowest BCUT2D eigenvalue weighted by Crippen LogP contribution is -2.38. The normalized spacial score (nSPS) is 11.5. The fourth-order valence-corrected chi connectivity index (χ4v) is 1.08. The van der Waals surface area contributed by atoms with Gasteiger partial charge in [0.25, 0.3) is 0 Å². The van der Waals surface area contributed by atoms with E-state index in [0.717, 1.165) is 0 Å². The van der Waals surface area contributed by atoms with Crippen molar-refractivity contribution in [3.63, 3.8) is 0 Å². The maximum absolute atomic E-state index is 11.4. The predicted molar refractivity (Wildman–Crippen MR) is 64.1 cm³/mol. The lowest BCUT2D eigenvalue weighted by molar-refractivity contribution is -0.136. The molecule has 0 radical (unpaired) electrons. The molecule has 0 aliphatic heterocycles. The van der Waals surface area contributed by atoms with E-state index in [1.807, 2.05) is 0 Å². The smallest absolute Gasteiger partial charge is 0.313 e. The van der Waals surface area contributed by atoms with E-state index < -0.39 is 17.9 Å². The Balaban J connectivity index is 2.50. The number of methoxy groups -OCH3 is 1. The summed E-state index contributed by atoms with van der Waals surface area (Å²) in [6.45, 7) is 1.53. The first-order valence-electron chi connectivity index (χ1n) is 5.30. The average molecular weight is 253 g/mol. The highest BCUT2D eigenvalue weighted by Gasteiger charge is 2.13. The SMILES string of the molecule is COc1ccc(NC(=O)C(=O)NCC(C)O)cn1. The molecule has 1 unspecified atom stereocenters. The number of carbonyl (C=O) groups is 2. The van der Waals surface area contributed by atoms with Crippen LogP contribution in [0.1, 0.15) is 6.92 Å². The van der Waals surface area contributed by atoms with Gasteiger partial charge in [0.05, 0.1) is 25.1 Å². The molecule has 1 aromatic heterocycles. The summed E-state index contributed by atoms with van der Waals surface area (Å²) in [5.41, 5.74) is 0.382. The molecule has 7 nitrogen and oxygen atoms in total. The minimum atomic E-state index is -0.817. The molecule has 3 N–H and O–H groups in total. The molecule has 7 heteroatoms. The van der Waals surface area contributed by atoms with Crippen molar-refractivity contribution in [1.29, 1.82) is 0 Å². The second-order valence-corrected chi connectivity index (χ2v) is 3.60. The Labute approximate surface area is 104 Å². The number of nitrogens with one attached hydrogen (secondary N) is 2. The van der Waals surface area contributed by atoms with E-state index in [1.54, 1.807) is 12.1 Å². The summed E-state index contributed by atoms with van der Waals surface area (Å²) in [4.78, 5) is 26.6. The summed E-state index contributed by atoms with van der Waals surface area (Å²) in [7, 11) is 1.48. The molecule has 18 heavy (non-hydrogen) atoms. The summed E-state index contributed by atoms with van der Waals surface area (Å²) >= 11 is 0. The van der Waals surface area contributed by atoms with Crippen LogP contribution in [0.25, 0.3) is 0 Å². The number of nitrogens with zero attached hydrogens (tertiary/aromatic N) is 1. The molecule has 1 heterocycles. The van der Waals surface area contributed by atoms with Crippen molar-refractivity contribution in [1.82, 2.24) is 10.3 Å². The van der Waals surface area contributed by atoms with Gasteiger partial charge in [-0.15, -0.1) is 0 Å². The minimum Gasteiger partial charge on any atom is -0.481 e. The van der Waals surface area contributed by atoms with Crippen molar-refractivity contribution in [3.8, 4) is 5.88 Å². The molecule has 1 atom stereocenters. The Morgan fingerprint density at radius 2 is 2.17 bits per heavy atom. The molecule has 1 rings (SSSR count). The van der Waals surface area contributed by atoms with Crippen molar-refractivity contribution in [3.05, 3.63) is 18.3 Å². The Morgan fingerprint density at radius 1 is 1.44 bits per heavy atom. The number of carbonyl (C=O) groups excluding carboxylic acids is 2. The minimum absolute atomic E-state index is 0.0209. The van der Waals surface area contributed by atoms with Gasteiger partial charge in [0, 0.05) is 12.6 Å². The van der Waals surface area contributed by atoms with Gasteiger partial charge in [0.1, 0.15) is 0 Å². The van der Waals surface area contributed by atoms with E-state index in [-0.39, 0.29) is 6.54 Å². The monoisotopic (exact) mass is 253 g/mol. The Kier molecular flexibility index (Phi) is 5.06. The van der Waals surface area contributed by atoms with Crippen LogP contribution in [0.2, 0.25) is 0 Å². The van der Waals surface area contributed by atoms with Gasteiger partial charge in [0.15, 0.2) is 0 Å². The molecule has 0 aliphatic rings. The Bertz CT molecular complexity index is 417. The predicted octanol–water partition coefficient (Wildman–Crippen LogP) is -0.474. The highest BCUT2D eigenvalue weighted by molar-refractivity contribution is 6.39. The van der Waals surface area contributed by atoms with Crippen LogP contribution in [0.4, 0.5) is 5.69 Å². The van der Waals surface area contributed by atoms with Crippen LogP contribution in [0.5, 0.6) is 5.88 Å². The second-order valence-electron chi connectivity index (χ2n) is 3.60. The van der Waals surface area contributed by atoms with Crippen LogP contribution in [0, 0.1) is 0 Å². The topological polar surface area (TPSA) is 101 Å². The van der Waals surface area contributed by atoms with Crippen LogP contribution in [-0.2, 0) is 9.59 Å². The third kappa shape index (κ3) is 4.38. The fourth-order valence-electron chi connectivity index (χ4n) is 1.08. The lowest BCUT2D eigenvalue weighted by atomic mass is 10.3. The highest BCUT2D eigenvalue weighted by Crippen LogP contribution is 2.10. The van der Waals surface area contributed by atoms with Crippen molar-refractivity contribution in [2.24, 2.45) is 0 Å². The number of amides is 2. The molecule has 98 valence electrons. The van der Waals surface area contributed by atoms with Gasteiger partial charge >= 0.3 is 11.8 Å². The first-order valence-corrected chi connectivity index (χ1v) is 5.30. The van der Waals surface area contributed by atoms with E-state index in [9.17, 15) is 9.59 Å². The van der Waals surface area contributed by atoms with Gasteiger partial charge in [0.2, 0.25) is 5.88 Å². The van der Waals surface area contributed by atoms with E-state index in [0.29, 0.717) is 11.6 Å². The number of ether oxygens (including phenoxy) is 1. The van der Waals surface area contributed by atoms with Crippen LogP contribution < -0.4 is 15.4 Å². The third-order valence-corrected chi connectivity index (χ3v) is 1.97. The summed E-state index contributed by atoms with van der Waals surface area (Å²) < 4.78 is 4.86. The summed E-state index contributed by atoms with van der Waals surface area (Å²) in [5, 5.41) is 13.6. The maximum Gasteiger partial charge on any atom is 0.313 e. The quantitative estimate of drug-likeness (QED) is 0.629. The van der Waals surface area contributed by atoms with Crippen molar-refractivity contribution in [2.75, 3.05) is 19.0 Å². The highest BCUT2D eigenvalue weighted by atomic mass is 16.5. The van der Waals surface area contributed by atoms with Crippen molar-refractivity contribution < 1.29 is 19.4 Å². The first-order chi connectivity index (χ1) is 8.52. The maximum atomic E-state index is 11.4. The zero-order valence-corrected chi connectivity index (χ0v) is 10.1. The van der Waals surface area contributed by atoms with Gasteiger partial charge in [-0.1, -0.05) is 0 Å². The molecule has 0 saturated heterocycles. The van der Waals surface area contributed by atoms with Crippen molar-refractivity contribution >= 4 is 17.5 Å². The standard InChI is InChI=1S/C11H15N3O4/c1-7(15)5-13-10(16)11(17)14-8-3-4-9(18-2)12-6-8/h3-4,6-7,15H,5H2,1-2H3,(H,13,16)(H,14,17). The number of anilines is 1. The third-order valence-electron chi connectivity index (χ3n) is 1.97. The van der Waals surface area contributed by atoms with Gasteiger partial charge in [-0.3, -0.25) is 9.59 Å². The number of aliphatic hydroxyl groups is 1. The number of hydrogen-bond donors (Lipinski definition) is 3. The molecule has 0 fully saturated rings. The largest absolute Gasteiger partial charge is 0.481 e. The molecule has 0 bridgehead atoms. The van der Waals surface area contributed by atoms with Crippen LogP contribution in [0.3, 0.4) is 0 Å². The fraction of sp³-hybridized carbons (Fsp3) is 0.364. The van der Waals surface area contributed by atoms with Gasteiger partial charge < -0.3 is 20.5 Å². The molecule has 0 aromatic carbocycles. The Hall–Kier alpha value is -2.15. The van der Waals surface area contributed by atoms with Gasteiger partial charge in [-0.2, -0.15) is 0 Å². The zero-order valence-electron chi connectivity index (χ0n) is 10.1. The molecule has 0 aliphatic carbocycles. The van der Waals surface area contributed by atoms with Gasteiger partial charge in [-0.25, -0.2) is 4.98 Å². The van der Waals surface area contributed by atoms with E-state index >= 15 is 0 Å². The van der Waals surface area contributed by atoms with E-state index in [2.05, 4.69) is 15.6 Å². The van der Waals surface area contributed by atoms with E-state index in [4.69, 9.17) is 9.84 Å². The number of pyridine rings is 1. The second kappa shape index (κ2) is 6.55. The Morgan fingerprint density at radius 3 is 2.67 bits per heavy atom.